The average Bonchev–Trinajstić information content (AvgIpc) is 3.05. The minimum absolute atomic E-state index is 0.0433. The Morgan fingerprint density at radius 2 is 1.68 bits per heavy atom. The van der Waals surface area contributed by atoms with Crippen LogP contribution in [0.25, 0.3) is 0 Å². The Bertz CT molecular complexity index is 677. The van der Waals surface area contributed by atoms with Crippen LogP contribution in [0, 0.1) is 0 Å². The summed E-state index contributed by atoms with van der Waals surface area (Å²) in [5, 5.41) is 8.81. The lowest BCUT2D eigenvalue weighted by molar-refractivity contribution is 0.0648. The van der Waals surface area contributed by atoms with E-state index in [0.29, 0.717) is 32.1 Å². The molecule has 0 bridgehead atoms. The molecule has 3 heterocycles. The molecule has 0 aliphatic carbocycles. The maximum absolute atomic E-state index is 12.3. The molecule has 0 atom stereocenters. The van der Waals surface area contributed by atoms with Crippen LogP contribution in [-0.4, -0.2) is 58.0 Å². The van der Waals surface area contributed by atoms with E-state index in [1.165, 1.54) is 12.1 Å². The van der Waals surface area contributed by atoms with Gasteiger partial charge in [-0.3, -0.25) is 4.79 Å². The van der Waals surface area contributed by atoms with E-state index in [1.807, 2.05) is 4.90 Å². The van der Waals surface area contributed by atoms with Gasteiger partial charge < -0.3 is 19.3 Å². The van der Waals surface area contributed by atoms with Gasteiger partial charge in [0.15, 0.2) is 5.76 Å². The SMILES string of the molecule is O=C(O)c1ccc(C(=O)N2CCN(c3ncccn3)CC2)o1. The van der Waals surface area contributed by atoms with Crippen molar-refractivity contribution in [3.05, 3.63) is 42.1 Å². The molecule has 0 saturated carbocycles. The van der Waals surface area contributed by atoms with Crippen molar-refractivity contribution in [2.75, 3.05) is 31.1 Å². The van der Waals surface area contributed by atoms with Gasteiger partial charge >= 0.3 is 5.97 Å². The van der Waals surface area contributed by atoms with Gasteiger partial charge in [0.2, 0.25) is 11.7 Å². The van der Waals surface area contributed by atoms with E-state index in [4.69, 9.17) is 9.52 Å². The Morgan fingerprint density at radius 1 is 1.05 bits per heavy atom. The number of anilines is 1. The number of hydrogen-bond acceptors (Lipinski definition) is 6. The van der Waals surface area contributed by atoms with Crippen LogP contribution in [0.1, 0.15) is 21.1 Å². The first kappa shape index (κ1) is 14.1. The van der Waals surface area contributed by atoms with Crippen LogP contribution in [0.2, 0.25) is 0 Å². The number of nitrogens with zero attached hydrogens (tertiary/aromatic N) is 4. The monoisotopic (exact) mass is 302 g/mol. The average molecular weight is 302 g/mol. The largest absolute Gasteiger partial charge is 0.475 e. The highest BCUT2D eigenvalue weighted by molar-refractivity contribution is 5.93. The van der Waals surface area contributed by atoms with E-state index in [9.17, 15) is 9.59 Å². The van der Waals surface area contributed by atoms with Crippen LogP contribution < -0.4 is 4.90 Å². The molecule has 0 radical (unpaired) electrons. The number of piperazine rings is 1. The highest BCUT2D eigenvalue weighted by Crippen LogP contribution is 2.14. The standard InChI is InChI=1S/C14H14N4O4/c19-12(10-2-3-11(22-10)13(20)21)17-6-8-18(9-7-17)14-15-4-1-5-16-14/h1-5H,6-9H2,(H,20,21). The van der Waals surface area contributed by atoms with E-state index in [2.05, 4.69) is 9.97 Å². The van der Waals surface area contributed by atoms with Gasteiger partial charge in [0.05, 0.1) is 0 Å². The topological polar surface area (TPSA) is 99.8 Å². The van der Waals surface area contributed by atoms with Gasteiger partial charge in [-0.15, -0.1) is 0 Å². The van der Waals surface area contributed by atoms with Crippen molar-refractivity contribution in [2.45, 2.75) is 0 Å². The van der Waals surface area contributed by atoms with E-state index in [-0.39, 0.29) is 17.4 Å². The number of carboxylic acid groups (broad SMARTS) is 1. The first-order valence-corrected chi connectivity index (χ1v) is 6.79. The first-order valence-electron chi connectivity index (χ1n) is 6.79. The van der Waals surface area contributed by atoms with Crippen LogP contribution in [-0.2, 0) is 0 Å². The number of furan rings is 1. The summed E-state index contributed by atoms with van der Waals surface area (Å²) in [5.41, 5.74) is 0. The molecule has 2 aromatic rings. The highest BCUT2D eigenvalue weighted by atomic mass is 16.4. The lowest BCUT2D eigenvalue weighted by atomic mass is 10.3. The van der Waals surface area contributed by atoms with E-state index in [1.54, 1.807) is 23.4 Å². The van der Waals surface area contributed by atoms with Crippen LogP contribution in [0.15, 0.2) is 35.0 Å². The van der Waals surface area contributed by atoms with Crippen LogP contribution in [0.5, 0.6) is 0 Å². The zero-order chi connectivity index (χ0) is 15.5. The zero-order valence-corrected chi connectivity index (χ0v) is 11.7. The van der Waals surface area contributed by atoms with Gasteiger partial charge in [0.25, 0.3) is 5.91 Å². The van der Waals surface area contributed by atoms with Crippen molar-refractivity contribution < 1.29 is 19.1 Å². The number of carbonyl (C=O) groups is 2. The van der Waals surface area contributed by atoms with Gasteiger partial charge in [-0.25, -0.2) is 14.8 Å². The Morgan fingerprint density at radius 3 is 2.27 bits per heavy atom. The van der Waals surface area contributed by atoms with E-state index < -0.39 is 5.97 Å². The molecule has 8 nitrogen and oxygen atoms in total. The number of carboxylic acids is 1. The van der Waals surface area contributed by atoms with Crippen LogP contribution in [0.3, 0.4) is 0 Å². The highest BCUT2D eigenvalue weighted by Gasteiger charge is 2.25. The van der Waals surface area contributed by atoms with Gasteiger partial charge in [0.1, 0.15) is 0 Å². The van der Waals surface area contributed by atoms with Crippen LogP contribution >= 0.6 is 0 Å². The lowest BCUT2D eigenvalue weighted by Crippen LogP contribution is -2.49. The second-order valence-corrected chi connectivity index (χ2v) is 4.80. The Kier molecular flexibility index (Phi) is 3.73. The summed E-state index contributed by atoms with van der Waals surface area (Å²) in [6.45, 7) is 2.23. The molecule has 1 amide bonds. The molecule has 8 heteroatoms. The van der Waals surface area contributed by atoms with Crippen LogP contribution in [0.4, 0.5) is 5.95 Å². The molecule has 22 heavy (non-hydrogen) atoms. The van der Waals surface area contributed by atoms with Crippen molar-refractivity contribution in [2.24, 2.45) is 0 Å². The normalized spacial score (nSPS) is 14.9. The predicted molar refractivity (Wildman–Crippen MR) is 75.8 cm³/mol. The first-order chi connectivity index (χ1) is 10.6. The van der Waals surface area contributed by atoms with Gasteiger partial charge in [-0.05, 0) is 18.2 Å². The number of carbonyl (C=O) groups excluding carboxylic acids is 1. The molecule has 0 unspecified atom stereocenters. The number of aromatic nitrogens is 2. The summed E-state index contributed by atoms with van der Waals surface area (Å²) in [6, 6.07) is 4.42. The molecular formula is C14H14N4O4. The fourth-order valence-corrected chi connectivity index (χ4v) is 2.29. The molecule has 1 saturated heterocycles. The molecule has 1 N–H and O–H groups in total. The lowest BCUT2D eigenvalue weighted by Gasteiger charge is -2.34. The smallest absolute Gasteiger partial charge is 0.371 e. The summed E-state index contributed by atoms with van der Waals surface area (Å²) in [7, 11) is 0. The molecule has 1 fully saturated rings. The van der Waals surface area contributed by atoms with E-state index in [0.717, 1.165) is 0 Å². The number of hydrogen-bond donors (Lipinski definition) is 1. The minimum atomic E-state index is -1.19. The van der Waals surface area contributed by atoms with Crippen molar-refractivity contribution in [3.8, 4) is 0 Å². The third-order valence-electron chi connectivity index (χ3n) is 3.43. The second-order valence-electron chi connectivity index (χ2n) is 4.80. The van der Waals surface area contributed by atoms with Crippen molar-refractivity contribution in [3.63, 3.8) is 0 Å². The fourth-order valence-electron chi connectivity index (χ4n) is 2.29. The van der Waals surface area contributed by atoms with Crippen molar-refractivity contribution >= 4 is 17.8 Å². The number of aromatic carboxylic acids is 1. The maximum Gasteiger partial charge on any atom is 0.371 e. The molecule has 0 aromatic carbocycles. The third-order valence-corrected chi connectivity index (χ3v) is 3.43. The maximum atomic E-state index is 12.3. The fraction of sp³-hybridized carbons (Fsp3) is 0.286. The second kappa shape index (κ2) is 5.84. The summed E-state index contributed by atoms with van der Waals surface area (Å²) in [6.07, 6.45) is 3.35. The van der Waals surface area contributed by atoms with Gasteiger partial charge in [-0.1, -0.05) is 0 Å². The van der Waals surface area contributed by atoms with Crippen molar-refractivity contribution in [1.29, 1.82) is 0 Å². The Balaban J connectivity index is 1.63. The number of amides is 1. The molecule has 3 rings (SSSR count). The van der Waals surface area contributed by atoms with Crippen molar-refractivity contribution in [1.82, 2.24) is 14.9 Å². The molecule has 0 spiro atoms. The summed E-state index contributed by atoms with van der Waals surface area (Å²) in [4.78, 5) is 35.0. The minimum Gasteiger partial charge on any atom is -0.475 e. The van der Waals surface area contributed by atoms with E-state index >= 15 is 0 Å². The molecule has 1 aliphatic rings. The Hall–Kier alpha value is -2.90. The predicted octanol–water partition coefficient (Wildman–Crippen LogP) is 0.730. The summed E-state index contributed by atoms with van der Waals surface area (Å²) in [5.74, 6) is -1.05. The molecular weight excluding hydrogens is 288 g/mol. The third kappa shape index (κ3) is 2.76. The zero-order valence-electron chi connectivity index (χ0n) is 11.7. The van der Waals surface area contributed by atoms with Gasteiger partial charge in [-0.2, -0.15) is 0 Å². The molecule has 2 aromatic heterocycles. The molecule has 1 aliphatic heterocycles. The number of rotatable bonds is 3. The summed E-state index contributed by atoms with van der Waals surface area (Å²) >= 11 is 0. The molecule has 114 valence electrons. The quantitative estimate of drug-likeness (QED) is 0.892. The van der Waals surface area contributed by atoms with Gasteiger partial charge in [0, 0.05) is 38.6 Å². The summed E-state index contributed by atoms with van der Waals surface area (Å²) < 4.78 is 5.04. The Labute approximate surface area is 126 Å².